The predicted octanol–water partition coefficient (Wildman–Crippen LogP) is 3.99. The van der Waals surface area contributed by atoms with Gasteiger partial charge in [0.05, 0.1) is 10.4 Å². The van der Waals surface area contributed by atoms with Gasteiger partial charge in [-0.3, -0.25) is 9.20 Å². The van der Waals surface area contributed by atoms with Crippen LogP contribution < -0.4 is 5.32 Å². The maximum Gasteiger partial charge on any atom is 0.407 e. The number of aromatic nitrogens is 2. The van der Waals surface area contributed by atoms with Crippen molar-refractivity contribution in [2.24, 2.45) is 5.92 Å². The molecular weight excluding hydrogens is 396 g/mol. The molecule has 9 heteroatoms. The highest BCUT2D eigenvalue weighted by Gasteiger charge is 2.26. The molecule has 4 heterocycles. The second kappa shape index (κ2) is 7.36. The average molecular weight is 421 g/mol. The molecule has 3 aromatic heterocycles. The van der Waals surface area contributed by atoms with Crippen molar-refractivity contribution in [2.45, 2.75) is 39.2 Å². The van der Waals surface area contributed by atoms with Crippen molar-refractivity contribution in [1.82, 2.24) is 19.6 Å². The third-order valence-electron chi connectivity index (χ3n) is 4.79. The van der Waals surface area contributed by atoms with Crippen LogP contribution >= 0.6 is 22.7 Å². The molecule has 0 aromatic carbocycles. The van der Waals surface area contributed by atoms with Crippen LogP contribution in [0.3, 0.4) is 0 Å². The number of carbonyl (C=O) groups excluding carboxylic acids is 2. The van der Waals surface area contributed by atoms with Crippen molar-refractivity contribution in [3.8, 4) is 0 Å². The number of rotatable bonds is 3. The van der Waals surface area contributed by atoms with Gasteiger partial charge in [-0.2, -0.15) is 0 Å². The largest absolute Gasteiger partial charge is 0.444 e. The molecule has 7 nitrogen and oxygen atoms in total. The number of ether oxygens (including phenoxy) is 1. The first-order valence-corrected chi connectivity index (χ1v) is 11.1. The number of likely N-dealkylation sites (tertiary alicyclic amines) is 1. The lowest BCUT2D eigenvalue weighted by atomic mass is 9.97. The lowest BCUT2D eigenvalue weighted by Crippen LogP contribution is -2.42. The maximum absolute atomic E-state index is 12.9. The van der Waals surface area contributed by atoms with Crippen LogP contribution in [0.25, 0.3) is 15.3 Å². The van der Waals surface area contributed by atoms with Gasteiger partial charge in [0.15, 0.2) is 4.96 Å². The lowest BCUT2D eigenvalue weighted by Gasteiger charge is -2.32. The van der Waals surface area contributed by atoms with Crippen LogP contribution in [0.4, 0.5) is 4.79 Å². The van der Waals surface area contributed by atoms with Gasteiger partial charge in [0, 0.05) is 31.2 Å². The number of piperidine rings is 1. The Labute approximate surface area is 171 Å². The van der Waals surface area contributed by atoms with Crippen molar-refractivity contribution >= 4 is 50.0 Å². The molecule has 3 aromatic rings. The number of thiazole rings is 1. The zero-order chi connectivity index (χ0) is 19.9. The van der Waals surface area contributed by atoms with E-state index in [4.69, 9.17) is 4.74 Å². The van der Waals surface area contributed by atoms with Crippen LogP contribution in [0.15, 0.2) is 17.6 Å². The molecule has 2 amide bonds. The summed E-state index contributed by atoms with van der Waals surface area (Å²) in [5.41, 5.74) is 0.510. The van der Waals surface area contributed by atoms with Crippen LogP contribution in [0.5, 0.6) is 0 Å². The number of hydrogen-bond donors (Lipinski definition) is 1. The van der Waals surface area contributed by atoms with E-state index in [-0.39, 0.29) is 12.0 Å². The van der Waals surface area contributed by atoms with E-state index in [2.05, 4.69) is 10.3 Å². The molecule has 0 aliphatic carbocycles. The average Bonchev–Trinajstić information content (AvgIpc) is 3.30. The fraction of sp³-hybridized carbons (Fsp3) is 0.526. The highest BCUT2D eigenvalue weighted by Crippen LogP contribution is 2.30. The highest BCUT2D eigenvalue weighted by atomic mass is 32.1. The molecule has 4 rings (SSSR count). The molecule has 1 aliphatic heterocycles. The Morgan fingerprint density at radius 3 is 2.79 bits per heavy atom. The van der Waals surface area contributed by atoms with E-state index >= 15 is 0 Å². The van der Waals surface area contributed by atoms with Crippen molar-refractivity contribution in [3.05, 3.63) is 22.5 Å². The fourth-order valence-electron chi connectivity index (χ4n) is 3.39. The van der Waals surface area contributed by atoms with Gasteiger partial charge in [-0.1, -0.05) is 0 Å². The summed E-state index contributed by atoms with van der Waals surface area (Å²) < 4.78 is 7.30. The van der Waals surface area contributed by atoms with Gasteiger partial charge in [0.25, 0.3) is 5.91 Å². The number of amides is 2. The van der Waals surface area contributed by atoms with E-state index in [1.807, 2.05) is 47.7 Å². The van der Waals surface area contributed by atoms with E-state index in [0.717, 1.165) is 33.0 Å². The minimum absolute atomic E-state index is 0.0746. The summed E-state index contributed by atoms with van der Waals surface area (Å²) in [4.78, 5) is 33.8. The van der Waals surface area contributed by atoms with Gasteiger partial charge in [-0.25, -0.2) is 9.78 Å². The first-order chi connectivity index (χ1) is 13.3. The second-order valence-corrected chi connectivity index (χ2v) is 9.99. The molecule has 0 radical (unpaired) electrons. The molecule has 1 N–H and O–H groups in total. The Morgan fingerprint density at radius 2 is 2.07 bits per heavy atom. The van der Waals surface area contributed by atoms with Gasteiger partial charge >= 0.3 is 6.09 Å². The monoisotopic (exact) mass is 420 g/mol. The first-order valence-electron chi connectivity index (χ1n) is 9.41. The minimum Gasteiger partial charge on any atom is -0.444 e. The predicted molar refractivity (Wildman–Crippen MR) is 111 cm³/mol. The van der Waals surface area contributed by atoms with E-state index in [0.29, 0.717) is 25.6 Å². The fourth-order valence-corrected chi connectivity index (χ4v) is 5.16. The molecule has 1 aliphatic rings. The zero-order valence-electron chi connectivity index (χ0n) is 16.2. The van der Waals surface area contributed by atoms with Crippen LogP contribution in [0.1, 0.15) is 43.3 Å². The molecule has 0 spiro atoms. The Bertz CT molecular complexity index is 1010. The number of nitrogens with zero attached hydrogens (tertiary/aromatic N) is 3. The van der Waals surface area contributed by atoms with Crippen molar-refractivity contribution in [3.63, 3.8) is 0 Å². The number of hydrogen-bond acceptors (Lipinski definition) is 6. The van der Waals surface area contributed by atoms with Crippen molar-refractivity contribution in [1.29, 1.82) is 0 Å². The standard InChI is InChI=1S/C19H24N4O3S2/c1-19(2,3)26-18(25)20-11-12-4-6-22(7-5-12)16(24)14-10-13-15(28-14)21-17-23(13)8-9-27-17/h8-10,12H,4-7,11H2,1-3H3,(H,20,25). The van der Waals surface area contributed by atoms with Gasteiger partial charge < -0.3 is 15.0 Å². The SMILES string of the molecule is CC(C)(C)OC(=O)NCC1CCN(C(=O)c2cc3c(nc4sccn43)s2)CC1. The Hall–Kier alpha value is -2.13. The minimum atomic E-state index is -0.491. The Balaban J connectivity index is 1.31. The molecule has 1 fully saturated rings. The normalized spacial score (nSPS) is 16.0. The highest BCUT2D eigenvalue weighted by molar-refractivity contribution is 7.21. The Kier molecular flexibility index (Phi) is 5.05. The maximum atomic E-state index is 12.9. The summed E-state index contributed by atoms with van der Waals surface area (Å²) in [5, 5.41) is 4.84. The van der Waals surface area contributed by atoms with Crippen LogP contribution in [0, 0.1) is 5.92 Å². The summed E-state index contributed by atoms with van der Waals surface area (Å²) in [7, 11) is 0. The summed E-state index contributed by atoms with van der Waals surface area (Å²) >= 11 is 3.05. The molecule has 0 unspecified atom stereocenters. The molecule has 1 saturated heterocycles. The lowest BCUT2D eigenvalue weighted by molar-refractivity contribution is 0.0500. The number of alkyl carbamates (subject to hydrolysis) is 1. The van der Waals surface area contributed by atoms with Gasteiger partial charge in [-0.15, -0.1) is 22.7 Å². The second-order valence-electron chi connectivity index (χ2n) is 8.09. The van der Waals surface area contributed by atoms with Crippen LogP contribution in [-0.2, 0) is 4.74 Å². The number of fused-ring (bicyclic) bond motifs is 3. The summed E-state index contributed by atoms with van der Waals surface area (Å²) in [6, 6.07) is 1.95. The quantitative estimate of drug-likeness (QED) is 0.695. The van der Waals surface area contributed by atoms with Crippen LogP contribution in [0.2, 0.25) is 0 Å². The Morgan fingerprint density at radius 1 is 1.32 bits per heavy atom. The molecule has 150 valence electrons. The van der Waals surface area contributed by atoms with Gasteiger partial charge in [0.1, 0.15) is 10.4 Å². The zero-order valence-corrected chi connectivity index (χ0v) is 17.9. The van der Waals surface area contributed by atoms with Crippen molar-refractivity contribution in [2.75, 3.05) is 19.6 Å². The first kappa shape index (κ1) is 19.2. The summed E-state index contributed by atoms with van der Waals surface area (Å²) in [5.74, 6) is 0.439. The number of nitrogens with one attached hydrogen (secondary N) is 1. The van der Waals surface area contributed by atoms with Crippen molar-refractivity contribution < 1.29 is 14.3 Å². The van der Waals surface area contributed by atoms with Crippen LogP contribution in [-0.4, -0.2) is 51.5 Å². The third kappa shape index (κ3) is 4.00. The molecule has 28 heavy (non-hydrogen) atoms. The van der Waals surface area contributed by atoms with E-state index in [1.165, 1.54) is 11.3 Å². The molecular formula is C19H24N4O3S2. The van der Waals surface area contributed by atoms with Gasteiger partial charge in [-0.05, 0) is 45.6 Å². The van der Waals surface area contributed by atoms with E-state index in [9.17, 15) is 9.59 Å². The molecule has 0 bridgehead atoms. The molecule has 0 saturated carbocycles. The summed E-state index contributed by atoms with van der Waals surface area (Å²) in [6.07, 6.45) is 3.36. The number of thiophene rings is 1. The topological polar surface area (TPSA) is 75.9 Å². The van der Waals surface area contributed by atoms with Gasteiger partial charge in [0.2, 0.25) is 0 Å². The van der Waals surface area contributed by atoms with E-state index < -0.39 is 5.60 Å². The number of imidazole rings is 1. The van der Waals surface area contributed by atoms with E-state index in [1.54, 1.807) is 11.3 Å². The number of carbonyl (C=O) groups is 2. The summed E-state index contributed by atoms with van der Waals surface area (Å²) in [6.45, 7) is 7.54. The third-order valence-corrected chi connectivity index (χ3v) is 6.55. The smallest absolute Gasteiger partial charge is 0.407 e. The molecule has 0 atom stereocenters.